The summed E-state index contributed by atoms with van der Waals surface area (Å²) in [6.07, 6.45) is 0. The first kappa shape index (κ1) is 20.4. The molecule has 10 rings (SSSR count). The fourth-order valence-electron chi connectivity index (χ4n) is 7.61. The van der Waals surface area contributed by atoms with Crippen molar-refractivity contribution in [3.05, 3.63) is 99.6 Å². The van der Waals surface area contributed by atoms with Crippen LogP contribution in [0, 0.1) is 0 Å². The highest BCUT2D eigenvalue weighted by molar-refractivity contribution is 6.45. The van der Waals surface area contributed by atoms with Gasteiger partial charge in [-0.2, -0.15) is 0 Å². The summed E-state index contributed by atoms with van der Waals surface area (Å²) in [5.74, 6) is -0.713. The van der Waals surface area contributed by atoms with Crippen molar-refractivity contribution in [3.8, 4) is 0 Å². The van der Waals surface area contributed by atoms with E-state index in [4.69, 9.17) is 0 Å². The molecule has 0 atom stereocenters. The molecule has 1 aromatic heterocycles. The predicted octanol–water partition coefficient (Wildman–Crippen LogP) is 6.49. The van der Waals surface area contributed by atoms with Crippen molar-refractivity contribution in [2.45, 2.75) is 0 Å². The molecule has 0 unspecified atom stereocenters. The van der Waals surface area contributed by atoms with E-state index >= 15 is 0 Å². The third kappa shape index (κ3) is 2.07. The number of benzene rings is 8. The molecule has 0 radical (unpaired) electrons. The van der Waals surface area contributed by atoms with Crippen molar-refractivity contribution in [3.63, 3.8) is 0 Å². The monoisotopic (exact) mass is 512 g/mol. The zero-order chi connectivity index (χ0) is 26.6. The Hall–Kier alpha value is -5.55. The number of carbonyl (C=O) groups is 2. The van der Waals surface area contributed by atoms with Crippen molar-refractivity contribution in [2.24, 2.45) is 0 Å². The summed E-state index contributed by atoms with van der Waals surface area (Å²) in [6, 6.07) is 24.6. The van der Waals surface area contributed by atoms with E-state index in [1.807, 2.05) is 30.3 Å². The lowest BCUT2D eigenvalue weighted by Crippen LogP contribution is -2.34. The van der Waals surface area contributed by atoms with E-state index < -0.39 is 0 Å². The molecule has 0 spiro atoms. The number of fused-ring (bicyclic) bond motifs is 4. The molecule has 0 bridgehead atoms. The fourth-order valence-corrected chi connectivity index (χ4v) is 7.61. The Morgan fingerprint density at radius 3 is 1.18 bits per heavy atom. The van der Waals surface area contributed by atoms with Crippen LogP contribution >= 0.6 is 0 Å². The molecular weight excluding hydrogens is 496 g/mol. The molecule has 1 aliphatic rings. The van der Waals surface area contributed by atoms with Gasteiger partial charge < -0.3 is 4.98 Å². The number of pyridine rings is 1. The third-order valence-corrected chi connectivity index (χ3v) is 9.19. The second kappa shape index (κ2) is 6.35. The smallest absolute Gasteiger partial charge is 0.258 e. The summed E-state index contributed by atoms with van der Waals surface area (Å²) in [4.78, 5) is 41.3. The number of carbonyl (C=O) groups excluding carboxylic acids is 2. The van der Waals surface area contributed by atoms with Gasteiger partial charge in [0.1, 0.15) is 0 Å². The molecule has 0 fully saturated rings. The van der Waals surface area contributed by atoms with Crippen LogP contribution in [-0.4, -0.2) is 16.8 Å². The largest absolute Gasteiger partial charge is 0.322 e. The molecule has 40 heavy (non-hydrogen) atoms. The summed E-state index contributed by atoms with van der Waals surface area (Å²) in [6.45, 7) is 4.11. The van der Waals surface area contributed by atoms with Crippen LogP contribution in [0.1, 0.15) is 20.7 Å². The van der Waals surface area contributed by atoms with Gasteiger partial charge in [-0.05, 0) is 82.8 Å². The highest BCUT2D eigenvalue weighted by Gasteiger charge is 2.28. The molecule has 0 aliphatic carbocycles. The van der Waals surface area contributed by atoms with Crippen molar-refractivity contribution in [1.82, 2.24) is 10.3 Å². The molecular formula is C35H16N2O3. The average Bonchev–Trinajstić information content (AvgIpc) is 2.97. The van der Waals surface area contributed by atoms with Crippen LogP contribution < -0.4 is 16.2 Å². The molecule has 5 heteroatoms. The standard InChI is InChI=1S/C35H16N2O3/c1-14-15-2-3-16-17-4-6-19-22-9-12-25-32-26(35(40)37-34(25)39)13-10-23(31(22)32)20-7-5-18(29(17)30(19)20)21-8-11-24(33(38)36-14)27(15)28(16)21/h2-13H,1H2,(H,36,38)(H,37,39,40). The number of aromatic amines is 1. The van der Waals surface area contributed by atoms with E-state index in [0.717, 1.165) is 70.0 Å². The molecule has 1 aliphatic heterocycles. The number of hydrogen-bond acceptors (Lipinski definition) is 3. The van der Waals surface area contributed by atoms with Crippen LogP contribution in [0.15, 0.2) is 77.6 Å². The van der Waals surface area contributed by atoms with Crippen molar-refractivity contribution < 1.29 is 9.59 Å². The summed E-state index contributed by atoms with van der Waals surface area (Å²) < 4.78 is 0. The number of amides is 2. The van der Waals surface area contributed by atoms with Gasteiger partial charge in [-0.1, -0.05) is 61.2 Å². The van der Waals surface area contributed by atoms with Gasteiger partial charge >= 0.3 is 0 Å². The Labute approximate surface area is 223 Å². The lowest BCUT2D eigenvalue weighted by Gasteiger charge is -2.22. The Kier molecular flexibility index (Phi) is 3.24. The fraction of sp³-hybridized carbons (Fsp3) is 0. The normalized spacial score (nSPS) is 14.0. The summed E-state index contributed by atoms with van der Waals surface area (Å²) in [5.41, 5.74) is 0.938. The first-order valence-electron chi connectivity index (χ1n) is 13.2. The van der Waals surface area contributed by atoms with Crippen LogP contribution in [0.25, 0.3) is 92.8 Å². The maximum absolute atomic E-state index is 12.9. The van der Waals surface area contributed by atoms with Crippen LogP contribution in [0.4, 0.5) is 0 Å². The minimum Gasteiger partial charge on any atom is -0.322 e. The molecule has 8 aromatic carbocycles. The topological polar surface area (TPSA) is 79.0 Å². The van der Waals surface area contributed by atoms with Crippen LogP contribution in [0.5, 0.6) is 0 Å². The van der Waals surface area contributed by atoms with Crippen molar-refractivity contribution in [1.29, 1.82) is 0 Å². The maximum Gasteiger partial charge on any atom is 0.258 e. The van der Waals surface area contributed by atoms with Crippen LogP contribution in [0.2, 0.25) is 0 Å². The molecule has 0 saturated carbocycles. The van der Waals surface area contributed by atoms with E-state index in [-0.39, 0.29) is 17.4 Å². The lowest BCUT2D eigenvalue weighted by molar-refractivity contribution is 0.0845. The lowest BCUT2D eigenvalue weighted by atomic mass is 9.82. The third-order valence-electron chi connectivity index (χ3n) is 9.19. The molecule has 2 amide bonds. The number of rotatable bonds is 0. The van der Waals surface area contributed by atoms with Gasteiger partial charge in [0.05, 0.1) is 0 Å². The Balaban J connectivity index is 1.50. The predicted molar refractivity (Wildman–Crippen MR) is 162 cm³/mol. The summed E-state index contributed by atoms with van der Waals surface area (Å²) >= 11 is 0. The number of hydrogen-bond donors (Lipinski definition) is 2. The minimum absolute atomic E-state index is 0.124. The minimum atomic E-state index is -0.356. The summed E-state index contributed by atoms with van der Waals surface area (Å²) in [5, 5.41) is 19.5. The second-order valence-corrected chi connectivity index (χ2v) is 10.9. The second-order valence-electron chi connectivity index (χ2n) is 10.9. The quantitative estimate of drug-likeness (QED) is 0.139. The van der Waals surface area contributed by atoms with E-state index in [1.54, 1.807) is 0 Å². The van der Waals surface area contributed by atoms with Gasteiger partial charge in [0.15, 0.2) is 0 Å². The first-order chi connectivity index (χ1) is 19.5. The molecule has 184 valence electrons. The number of imide groups is 1. The van der Waals surface area contributed by atoms with Crippen molar-refractivity contribution >= 4 is 105 Å². The highest BCUT2D eigenvalue weighted by atomic mass is 16.2. The molecule has 5 nitrogen and oxygen atoms in total. The molecule has 2 N–H and O–H groups in total. The van der Waals surface area contributed by atoms with Gasteiger partial charge in [-0.15, -0.1) is 0 Å². The molecule has 0 saturated heterocycles. The van der Waals surface area contributed by atoms with Gasteiger partial charge in [0.2, 0.25) is 0 Å². The number of aromatic nitrogens is 1. The van der Waals surface area contributed by atoms with Crippen LogP contribution in [0.3, 0.4) is 0 Å². The Morgan fingerprint density at radius 1 is 0.400 bits per heavy atom. The Bertz CT molecular complexity index is 2630. The molecule has 2 heterocycles. The highest BCUT2D eigenvalue weighted by Crippen LogP contribution is 2.48. The van der Waals surface area contributed by atoms with Gasteiger partial charge in [0.25, 0.3) is 17.4 Å². The summed E-state index contributed by atoms with van der Waals surface area (Å²) in [7, 11) is 0. The van der Waals surface area contributed by atoms with Gasteiger partial charge in [-0.3, -0.25) is 19.7 Å². The first-order valence-corrected chi connectivity index (χ1v) is 13.2. The van der Waals surface area contributed by atoms with E-state index in [1.165, 1.54) is 10.8 Å². The SMILES string of the molecule is C=c1[nH]c(=O)c2ccc3c4ccc5c6ccc7c8c(ccc(c9ccc(c%10ccc1c2c%103)c4c95)c86)C(=O)NC7=O. The molecule has 9 aromatic rings. The van der Waals surface area contributed by atoms with Gasteiger partial charge in [-0.25, -0.2) is 0 Å². The zero-order valence-corrected chi connectivity index (χ0v) is 20.9. The van der Waals surface area contributed by atoms with Crippen LogP contribution in [-0.2, 0) is 0 Å². The van der Waals surface area contributed by atoms with E-state index in [2.05, 4.69) is 59.3 Å². The van der Waals surface area contributed by atoms with E-state index in [0.29, 0.717) is 21.9 Å². The van der Waals surface area contributed by atoms with Gasteiger partial charge in [0, 0.05) is 38.0 Å². The number of nitrogens with one attached hydrogen (secondary N) is 2. The van der Waals surface area contributed by atoms with E-state index in [9.17, 15) is 14.4 Å². The number of H-pyrrole nitrogens is 1. The zero-order valence-electron chi connectivity index (χ0n) is 20.9. The van der Waals surface area contributed by atoms with Crippen molar-refractivity contribution in [2.75, 3.05) is 0 Å². The average molecular weight is 513 g/mol. The Morgan fingerprint density at radius 2 is 0.725 bits per heavy atom. The maximum atomic E-state index is 12.9.